The Bertz CT molecular complexity index is 958. The van der Waals surface area contributed by atoms with Gasteiger partial charge in [0, 0.05) is 6.26 Å². The highest BCUT2D eigenvalue weighted by atomic mass is 32.2. The van der Waals surface area contributed by atoms with Crippen LogP contribution in [0.3, 0.4) is 0 Å². The van der Waals surface area contributed by atoms with Crippen LogP contribution >= 0.6 is 0 Å². The van der Waals surface area contributed by atoms with Crippen molar-refractivity contribution in [3.63, 3.8) is 0 Å². The lowest BCUT2D eigenvalue weighted by Crippen LogP contribution is -2.12. The number of sulfone groups is 1. The van der Waals surface area contributed by atoms with Gasteiger partial charge < -0.3 is 4.18 Å². The maximum Gasteiger partial charge on any atom is 0.339 e. The molecule has 0 atom stereocenters. The minimum atomic E-state index is -4.13. The van der Waals surface area contributed by atoms with Crippen LogP contribution in [0.1, 0.15) is 30.9 Å². The second-order valence-corrected chi connectivity index (χ2v) is 9.49. The minimum absolute atomic E-state index is 0.0637. The molecule has 0 fully saturated rings. The Kier molecular flexibility index (Phi) is 5.05. The monoisotopic (exact) mass is 368 g/mol. The normalized spacial score (nSPS) is 12.4. The molecule has 24 heavy (non-hydrogen) atoms. The third kappa shape index (κ3) is 4.15. The molecular formula is C17H20O5S2. The van der Waals surface area contributed by atoms with Crippen molar-refractivity contribution in [3.8, 4) is 5.75 Å². The molecule has 0 spiro atoms. The lowest BCUT2D eigenvalue weighted by atomic mass is 10.0. The zero-order chi connectivity index (χ0) is 18.1. The number of benzene rings is 2. The van der Waals surface area contributed by atoms with Crippen molar-refractivity contribution in [1.82, 2.24) is 0 Å². The van der Waals surface area contributed by atoms with Crippen molar-refractivity contribution in [1.29, 1.82) is 0 Å². The molecule has 0 unspecified atom stereocenters. The molecule has 0 aliphatic rings. The molecular weight excluding hydrogens is 348 g/mol. The van der Waals surface area contributed by atoms with E-state index in [1.807, 2.05) is 19.9 Å². The van der Waals surface area contributed by atoms with Crippen LogP contribution in [0.4, 0.5) is 0 Å². The van der Waals surface area contributed by atoms with E-state index < -0.39 is 20.0 Å². The molecule has 0 bridgehead atoms. The molecule has 0 saturated carbocycles. The number of aryl methyl sites for hydroxylation is 1. The van der Waals surface area contributed by atoms with Gasteiger partial charge in [0.05, 0.1) is 4.90 Å². The zero-order valence-electron chi connectivity index (χ0n) is 14.0. The third-order valence-electron chi connectivity index (χ3n) is 3.59. The molecule has 0 heterocycles. The summed E-state index contributed by atoms with van der Waals surface area (Å²) in [5.41, 5.74) is 1.37. The van der Waals surface area contributed by atoms with E-state index in [1.165, 1.54) is 12.1 Å². The summed E-state index contributed by atoms with van der Waals surface area (Å²) in [5.74, 6) is 0.428. The number of hydrogen-bond acceptors (Lipinski definition) is 5. The summed E-state index contributed by atoms with van der Waals surface area (Å²) in [6.07, 6.45) is 1.03. The first kappa shape index (κ1) is 18.5. The minimum Gasteiger partial charge on any atom is -0.379 e. The fourth-order valence-corrected chi connectivity index (χ4v) is 4.08. The van der Waals surface area contributed by atoms with Crippen LogP contribution in [-0.2, 0) is 20.0 Å². The SMILES string of the molecule is Cc1ccc(S(C)(=O)=O)cc1S(=O)(=O)Oc1cccc(C(C)C)c1. The van der Waals surface area contributed by atoms with E-state index >= 15 is 0 Å². The van der Waals surface area contributed by atoms with Crippen LogP contribution in [0, 0.1) is 6.92 Å². The highest BCUT2D eigenvalue weighted by Gasteiger charge is 2.22. The Morgan fingerprint density at radius 3 is 2.21 bits per heavy atom. The first-order valence-electron chi connectivity index (χ1n) is 7.36. The Morgan fingerprint density at radius 2 is 1.62 bits per heavy atom. The molecule has 0 amide bonds. The van der Waals surface area contributed by atoms with E-state index in [2.05, 4.69) is 0 Å². The van der Waals surface area contributed by atoms with Gasteiger partial charge in [-0.25, -0.2) is 8.42 Å². The van der Waals surface area contributed by atoms with Crippen LogP contribution in [0.25, 0.3) is 0 Å². The van der Waals surface area contributed by atoms with Crippen LogP contribution in [0.2, 0.25) is 0 Å². The maximum absolute atomic E-state index is 12.6. The van der Waals surface area contributed by atoms with E-state index in [0.29, 0.717) is 5.56 Å². The van der Waals surface area contributed by atoms with Gasteiger partial charge >= 0.3 is 10.1 Å². The smallest absolute Gasteiger partial charge is 0.339 e. The van der Waals surface area contributed by atoms with E-state index in [4.69, 9.17) is 4.18 Å². The molecule has 2 aromatic rings. The topological polar surface area (TPSA) is 77.5 Å². The van der Waals surface area contributed by atoms with E-state index in [1.54, 1.807) is 25.1 Å². The second-order valence-electron chi connectivity index (χ2n) is 5.96. The quantitative estimate of drug-likeness (QED) is 0.757. The molecule has 130 valence electrons. The largest absolute Gasteiger partial charge is 0.379 e. The molecule has 2 rings (SSSR count). The first-order valence-corrected chi connectivity index (χ1v) is 10.7. The van der Waals surface area contributed by atoms with Gasteiger partial charge in [-0.05, 0) is 48.2 Å². The maximum atomic E-state index is 12.6. The van der Waals surface area contributed by atoms with Crippen molar-refractivity contribution in [2.45, 2.75) is 36.5 Å². The Hall–Kier alpha value is -1.86. The number of hydrogen-bond donors (Lipinski definition) is 0. The van der Waals surface area contributed by atoms with Crippen molar-refractivity contribution in [2.24, 2.45) is 0 Å². The van der Waals surface area contributed by atoms with E-state index in [9.17, 15) is 16.8 Å². The van der Waals surface area contributed by atoms with E-state index in [0.717, 1.165) is 17.9 Å². The molecule has 2 aromatic carbocycles. The molecule has 5 nitrogen and oxygen atoms in total. The Morgan fingerprint density at radius 1 is 0.958 bits per heavy atom. The van der Waals surface area contributed by atoms with Crippen molar-refractivity contribution in [3.05, 3.63) is 53.6 Å². The summed E-state index contributed by atoms with van der Waals surface area (Å²) in [4.78, 5) is -0.216. The van der Waals surface area contributed by atoms with Gasteiger partial charge in [0.1, 0.15) is 10.6 Å². The molecule has 0 saturated heterocycles. The van der Waals surface area contributed by atoms with Gasteiger partial charge in [-0.15, -0.1) is 0 Å². The van der Waals surface area contributed by atoms with E-state index in [-0.39, 0.29) is 21.5 Å². The van der Waals surface area contributed by atoms with Crippen LogP contribution in [-0.4, -0.2) is 23.1 Å². The summed E-state index contributed by atoms with van der Waals surface area (Å²) in [7, 11) is -7.65. The summed E-state index contributed by atoms with van der Waals surface area (Å²) < 4.78 is 53.7. The lowest BCUT2D eigenvalue weighted by Gasteiger charge is -2.12. The summed E-state index contributed by atoms with van der Waals surface area (Å²) in [6, 6.07) is 10.8. The summed E-state index contributed by atoms with van der Waals surface area (Å²) in [5, 5.41) is 0. The average molecular weight is 368 g/mol. The van der Waals surface area contributed by atoms with Crippen LogP contribution < -0.4 is 4.18 Å². The van der Waals surface area contributed by atoms with Gasteiger partial charge in [-0.1, -0.05) is 32.0 Å². The van der Waals surface area contributed by atoms with Crippen molar-refractivity contribution >= 4 is 20.0 Å². The Labute approximate surface area is 143 Å². The molecule has 0 N–H and O–H groups in total. The molecule has 0 aromatic heterocycles. The fraction of sp³-hybridized carbons (Fsp3) is 0.294. The van der Waals surface area contributed by atoms with Crippen LogP contribution in [0.5, 0.6) is 5.75 Å². The predicted molar refractivity (Wildman–Crippen MR) is 92.6 cm³/mol. The fourth-order valence-electron chi connectivity index (χ4n) is 2.18. The van der Waals surface area contributed by atoms with Gasteiger partial charge in [-0.3, -0.25) is 0 Å². The molecule has 0 aliphatic heterocycles. The van der Waals surface area contributed by atoms with Gasteiger partial charge in [0.25, 0.3) is 0 Å². The Balaban J connectivity index is 2.46. The average Bonchev–Trinajstić information content (AvgIpc) is 2.46. The summed E-state index contributed by atoms with van der Waals surface area (Å²) in [6.45, 7) is 5.58. The highest BCUT2D eigenvalue weighted by molar-refractivity contribution is 7.90. The highest BCUT2D eigenvalue weighted by Crippen LogP contribution is 2.26. The number of rotatable bonds is 5. The zero-order valence-corrected chi connectivity index (χ0v) is 15.6. The lowest BCUT2D eigenvalue weighted by molar-refractivity contribution is 0.484. The first-order chi connectivity index (χ1) is 11.0. The van der Waals surface area contributed by atoms with Gasteiger partial charge in [-0.2, -0.15) is 8.42 Å². The van der Waals surface area contributed by atoms with Crippen LogP contribution in [0.15, 0.2) is 52.3 Å². The molecule has 7 heteroatoms. The van der Waals surface area contributed by atoms with Crippen molar-refractivity contribution in [2.75, 3.05) is 6.26 Å². The predicted octanol–water partition coefficient (Wildman–Crippen LogP) is 3.29. The van der Waals surface area contributed by atoms with Crippen molar-refractivity contribution < 1.29 is 21.0 Å². The molecule has 0 radical (unpaired) electrons. The van der Waals surface area contributed by atoms with Gasteiger partial charge in [0.15, 0.2) is 9.84 Å². The molecule has 0 aliphatic carbocycles. The van der Waals surface area contributed by atoms with Gasteiger partial charge in [0.2, 0.25) is 0 Å². The second kappa shape index (κ2) is 6.57. The standard InChI is InChI=1S/C17H20O5S2/c1-12(2)14-6-5-7-15(10-14)22-24(20,21)17-11-16(23(4,18)19)9-8-13(17)3/h5-12H,1-4H3. The summed E-state index contributed by atoms with van der Waals surface area (Å²) >= 11 is 0. The third-order valence-corrected chi connectivity index (χ3v) is 6.09.